The zero-order chi connectivity index (χ0) is 18.9. The Morgan fingerprint density at radius 1 is 1.25 bits per heavy atom. The van der Waals surface area contributed by atoms with Crippen molar-refractivity contribution in [2.75, 3.05) is 13.2 Å². The summed E-state index contributed by atoms with van der Waals surface area (Å²) < 4.78 is 6.30. The molecule has 1 N–H and O–H groups in total. The van der Waals surface area contributed by atoms with E-state index in [0.717, 1.165) is 36.1 Å². The van der Waals surface area contributed by atoms with Gasteiger partial charge in [-0.25, -0.2) is 0 Å². The number of rotatable bonds is 2. The largest absolute Gasteiger partial charge is 0.351 e. The van der Waals surface area contributed by atoms with Crippen LogP contribution in [0, 0.1) is 0 Å². The highest BCUT2D eigenvalue weighted by atomic mass is 16.5. The molecule has 144 valence electrons. The number of H-pyrrole nitrogens is 1. The number of benzene rings is 1. The lowest BCUT2D eigenvalue weighted by atomic mass is 10.0. The molecule has 1 aliphatic carbocycles. The van der Waals surface area contributed by atoms with Crippen molar-refractivity contribution in [1.29, 1.82) is 0 Å². The fourth-order valence-electron chi connectivity index (χ4n) is 5.64. The van der Waals surface area contributed by atoms with E-state index in [9.17, 15) is 9.59 Å². The highest BCUT2D eigenvalue weighted by Gasteiger charge is 2.65. The van der Waals surface area contributed by atoms with E-state index in [0.29, 0.717) is 31.7 Å². The molecule has 2 amide bonds. The van der Waals surface area contributed by atoms with E-state index in [1.54, 1.807) is 0 Å². The zero-order valence-electron chi connectivity index (χ0n) is 15.6. The number of hydrogen-bond acceptors (Lipinski definition) is 4. The van der Waals surface area contributed by atoms with Crippen molar-refractivity contribution in [3.63, 3.8) is 0 Å². The third-order valence-corrected chi connectivity index (χ3v) is 6.91. The number of likely N-dealkylation sites (tertiary alicyclic amines) is 1. The normalized spacial score (nSPS) is 30.6. The number of aromatic amines is 1. The molecule has 7 heteroatoms. The molecule has 28 heavy (non-hydrogen) atoms. The van der Waals surface area contributed by atoms with Gasteiger partial charge in [-0.1, -0.05) is 30.3 Å². The smallest absolute Gasteiger partial charge is 0.275 e. The van der Waals surface area contributed by atoms with Crippen LogP contribution in [0.5, 0.6) is 0 Å². The van der Waals surface area contributed by atoms with Crippen LogP contribution < -0.4 is 0 Å². The highest BCUT2D eigenvalue weighted by Crippen LogP contribution is 2.51. The monoisotopic (exact) mass is 378 g/mol. The molecular formula is C21H22N4O3. The van der Waals surface area contributed by atoms with E-state index in [-0.39, 0.29) is 23.9 Å². The number of aromatic nitrogens is 2. The fraction of sp³-hybridized carbons (Fsp3) is 0.476. The molecule has 0 bridgehead atoms. The first-order valence-electron chi connectivity index (χ1n) is 10.1. The summed E-state index contributed by atoms with van der Waals surface area (Å²) in [7, 11) is 0. The van der Waals surface area contributed by atoms with Crippen molar-refractivity contribution < 1.29 is 14.3 Å². The Kier molecular flexibility index (Phi) is 3.30. The van der Waals surface area contributed by atoms with Gasteiger partial charge in [-0.2, -0.15) is 5.10 Å². The number of nitrogens with zero attached hydrogens (tertiary/aromatic N) is 3. The zero-order valence-corrected chi connectivity index (χ0v) is 15.6. The summed E-state index contributed by atoms with van der Waals surface area (Å²) in [6.07, 6.45) is 3.89. The SMILES string of the molecule is O=C(c1n[nH]c2c1CCC2)N1CC[C@@]23OC[C@@H](c4ccccc4)N2C(=O)C[C@@H]13. The third-order valence-electron chi connectivity index (χ3n) is 6.91. The van der Waals surface area contributed by atoms with Crippen LogP contribution in [0.4, 0.5) is 0 Å². The lowest BCUT2D eigenvalue weighted by Crippen LogP contribution is -2.49. The molecule has 0 radical (unpaired) electrons. The topological polar surface area (TPSA) is 78.5 Å². The van der Waals surface area contributed by atoms with Crippen molar-refractivity contribution in [2.24, 2.45) is 0 Å². The van der Waals surface area contributed by atoms with Crippen molar-refractivity contribution in [3.05, 3.63) is 52.8 Å². The summed E-state index contributed by atoms with van der Waals surface area (Å²) in [4.78, 5) is 30.0. The Morgan fingerprint density at radius 3 is 2.96 bits per heavy atom. The molecule has 3 saturated heterocycles. The second-order valence-electron chi connectivity index (χ2n) is 8.20. The first kappa shape index (κ1) is 16.3. The maximum absolute atomic E-state index is 13.3. The molecule has 0 saturated carbocycles. The maximum atomic E-state index is 13.3. The predicted octanol–water partition coefficient (Wildman–Crippen LogP) is 1.81. The third kappa shape index (κ3) is 2.00. The minimum Gasteiger partial charge on any atom is -0.351 e. The Bertz CT molecular complexity index is 971. The van der Waals surface area contributed by atoms with Crippen molar-refractivity contribution in [2.45, 2.75) is 49.9 Å². The first-order valence-corrected chi connectivity index (χ1v) is 10.1. The van der Waals surface area contributed by atoms with Crippen molar-refractivity contribution >= 4 is 11.8 Å². The summed E-state index contributed by atoms with van der Waals surface area (Å²) in [6.45, 7) is 1.07. The number of aryl methyl sites for hydroxylation is 1. The molecule has 4 aliphatic rings. The second kappa shape index (κ2) is 5.67. The summed E-state index contributed by atoms with van der Waals surface area (Å²) in [6, 6.07) is 9.71. The lowest BCUT2D eigenvalue weighted by Gasteiger charge is -2.33. The van der Waals surface area contributed by atoms with Gasteiger partial charge in [-0.15, -0.1) is 0 Å². The average Bonchev–Trinajstić information content (AvgIpc) is 3.47. The molecule has 3 atom stereocenters. The molecule has 1 aromatic heterocycles. The average molecular weight is 378 g/mol. The highest BCUT2D eigenvalue weighted by molar-refractivity contribution is 5.96. The molecular weight excluding hydrogens is 356 g/mol. The molecule has 0 unspecified atom stereocenters. The first-order chi connectivity index (χ1) is 13.7. The minimum atomic E-state index is -0.688. The molecule has 6 rings (SSSR count). The number of carbonyl (C=O) groups excluding carboxylic acids is 2. The van der Waals surface area contributed by atoms with E-state index in [2.05, 4.69) is 10.2 Å². The van der Waals surface area contributed by atoms with E-state index < -0.39 is 5.72 Å². The van der Waals surface area contributed by atoms with E-state index >= 15 is 0 Å². The Morgan fingerprint density at radius 2 is 2.11 bits per heavy atom. The van der Waals surface area contributed by atoms with E-state index in [1.807, 2.05) is 40.1 Å². The second-order valence-corrected chi connectivity index (χ2v) is 8.20. The van der Waals surface area contributed by atoms with Crippen LogP contribution in [0.25, 0.3) is 0 Å². The van der Waals surface area contributed by atoms with Crippen molar-refractivity contribution in [1.82, 2.24) is 20.0 Å². The van der Waals surface area contributed by atoms with Gasteiger partial charge in [-0.3, -0.25) is 14.7 Å². The summed E-state index contributed by atoms with van der Waals surface area (Å²) in [5, 5.41) is 7.33. The van der Waals surface area contributed by atoms with Crippen LogP contribution in [0.3, 0.4) is 0 Å². The molecule has 2 aromatic rings. The number of ether oxygens (including phenoxy) is 1. The number of hydrogen-bond donors (Lipinski definition) is 1. The molecule has 1 aromatic carbocycles. The van der Waals surface area contributed by atoms with Gasteiger partial charge in [0.2, 0.25) is 5.91 Å². The van der Waals surface area contributed by atoms with Gasteiger partial charge in [0, 0.05) is 24.2 Å². The minimum absolute atomic E-state index is 0.0670. The van der Waals surface area contributed by atoms with Gasteiger partial charge in [0.05, 0.1) is 25.1 Å². The van der Waals surface area contributed by atoms with Gasteiger partial charge in [-0.05, 0) is 24.8 Å². The summed E-state index contributed by atoms with van der Waals surface area (Å²) in [5.74, 6) is 0.00351. The number of amides is 2. The Labute approximate surface area is 162 Å². The van der Waals surface area contributed by atoms with Crippen molar-refractivity contribution in [3.8, 4) is 0 Å². The molecule has 4 heterocycles. The molecule has 3 fully saturated rings. The predicted molar refractivity (Wildman–Crippen MR) is 99.4 cm³/mol. The van der Waals surface area contributed by atoms with E-state index in [1.165, 1.54) is 0 Å². The Hall–Kier alpha value is -2.67. The quantitative estimate of drug-likeness (QED) is 0.865. The van der Waals surface area contributed by atoms with Gasteiger partial charge in [0.1, 0.15) is 0 Å². The lowest BCUT2D eigenvalue weighted by molar-refractivity contribution is -0.138. The Balaban J connectivity index is 1.33. The summed E-state index contributed by atoms with van der Waals surface area (Å²) in [5.41, 5.74) is 3.08. The van der Waals surface area contributed by atoms with Crippen LogP contribution in [-0.2, 0) is 22.4 Å². The van der Waals surface area contributed by atoms with Crippen LogP contribution >= 0.6 is 0 Å². The van der Waals surface area contributed by atoms with Crippen LogP contribution in [-0.4, -0.2) is 56.7 Å². The van der Waals surface area contributed by atoms with Gasteiger partial charge >= 0.3 is 0 Å². The van der Waals surface area contributed by atoms with Crippen LogP contribution in [0.2, 0.25) is 0 Å². The standard InChI is InChI=1S/C21H22N4O3/c26-18-11-17-21(25(18)16(12-28-21)13-5-2-1-3-6-13)9-10-24(17)20(27)19-14-7-4-8-15(14)22-23-19/h1-3,5-6,16-17H,4,7-12H2,(H,22,23)/t16-,17+,21-/m0/s1. The fourth-order valence-corrected chi connectivity index (χ4v) is 5.64. The van der Waals surface area contributed by atoms with Gasteiger partial charge in [0.25, 0.3) is 5.91 Å². The van der Waals surface area contributed by atoms with Gasteiger partial charge in [0.15, 0.2) is 11.4 Å². The molecule has 7 nitrogen and oxygen atoms in total. The summed E-state index contributed by atoms with van der Waals surface area (Å²) >= 11 is 0. The van der Waals surface area contributed by atoms with Crippen LogP contribution in [0.15, 0.2) is 30.3 Å². The van der Waals surface area contributed by atoms with Gasteiger partial charge < -0.3 is 14.5 Å². The number of carbonyl (C=O) groups is 2. The molecule has 3 aliphatic heterocycles. The maximum Gasteiger partial charge on any atom is 0.275 e. The number of fused-ring (bicyclic) bond motifs is 1. The van der Waals surface area contributed by atoms with Crippen LogP contribution in [0.1, 0.15) is 52.6 Å². The van der Waals surface area contributed by atoms with E-state index in [4.69, 9.17) is 4.74 Å². The number of nitrogens with one attached hydrogen (secondary N) is 1. The molecule has 1 spiro atoms.